The highest BCUT2D eigenvalue weighted by Gasteiger charge is 2.52. The number of aliphatic hydroxyl groups is 2. The van der Waals surface area contributed by atoms with Crippen LogP contribution in [0.15, 0.2) is 0 Å². The number of hydrogen-bond donors (Lipinski definition) is 2. The molecule has 6 nitrogen and oxygen atoms in total. The van der Waals surface area contributed by atoms with Gasteiger partial charge in [0.2, 0.25) is 0 Å². The molecule has 16 heavy (non-hydrogen) atoms. The Balaban J connectivity index is 4.80. The molecular formula is C9H22O6Si. The second-order valence-corrected chi connectivity index (χ2v) is 6.26. The Bertz CT molecular complexity index is 167. The third-order valence-electron chi connectivity index (χ3n) is 2.24. The molecule has 0 amide bonds. The molecule has 0 bridgehead atoms. The van der Waals surface area contributed by atoms with Crippen molar-refractivity contribution >= 4 is 8.80 Å². The Labute approximate surface area is 97.5 Å². The minimum absolute atomic E-state index is 0.431. The van der Waals surface area contributed by atoms with Crippen LogP contribution in [0.5, 0.6) is 0 Å². The lowest BCUT2D eigenvalue weighted by molar-refractivity contribution is -0.0635. The van der Waals surface area contributed by atoms with Gasteiger partial charge in [0, 0.05) is 27.9 Å². The predicted molar refractivity (Wildman–Crippen MR) is 59.9 cm³/mol. The number of hydrogen-bond acceptors (Lipinski definition) is 6. The third-order valence-corrected chi connectivity index (χ3v) is 5.20. The molecule has 0 fully saturated rings. The van der Waals surface area contributed by atoms with Crippen molar-refractivity contribution in [1.29, 1.82) is 0 Å². The highest BCUT2D eigenvalue weighted by Crippen LogP contribution is 2.18. The first-order valence-electron chi connectivity index (χ1n) is 5.17. The maximum absolute atomic E-state index is 9.69. The lowest BCUT2D eigenvalue weighted by Crippen LogP contribution is -2.61. The Hall–Kier alpha value is -0.0231. The van der Waals surface area contributed by atoms with Crippen LogP contribution in [0.4, 0.5) is 0 Å². The average Bonchev–Trinajstić information content (AvgIpc) is 2.34. The molecule has 0 saturated heterocycles. The Kier molecular flexibility index (Phi) is 8.11. The molecule has 0 aromatic rings. The van der Waals surface area contributed by atoms with Crippen molar-refractivity contribution in [2.45, 2.75) is 25.2 Å². The van der Waals surface area contributed by atoms with Gasteiger partial charge in [-0.1, -0.05) is 6.92 Å². The van der Waals surface area contributed by atoms with Crippen molar-refractivity contribution in [3.63, 3.8) is 0 Å². The molecule has 2 atom stereocenters. The summed E-state index contributed by atoms with van der Waals surface area (Å²) in [7, 11) is 1.21. The molecule has 98 valence electrons. The van der Waals surface area contributed by atoms with Crippen LogP contribution in [0.25, 0.3) is 0 Å². The van der Waals surface area contributed by atoms with E-state index in [0.717, 1.165) is 6.42 Å². The molecule has 0 heterocycles. The van der Waals surface area contributed by atoms with Crippen molar-refractivity contribution in [2.75, 3.05) is 34.5 Å². The zero-order valence-corrected chi connectivity index (χ0v) is 11.3. The molecule has 2 unspecified atom stereocenters. The molecule has 0 aliphatic rings. The largest absolute Gasteiger partial charge is 0.533 e. The quantitative estimate of drug-likeness (QED) is 0.543. The molecular weight excluding hydrogens is 232 g/mol. The van der Waals surface area contributed by atoms with Gasteiger partial charge in [0.15, 0.2) is 5.73 Å². The van der Waals surface area contributed by atoms with Gasteiger partial charge in [-0.3, -0.25) is 0 Å². The van der Waals surface area contributed by atoms with E-state index < -0.39 is 27.2 Å². The van der Waals surface area contributed by atoms with Gasteiger partial charge in [0.25, 0.3) is 0 Å². The van der Waals surface area contributed by atoms with Gasteiger partial charge in [-0.2, -0.15) is 0 Å². The molecule has 0 aromatic carbocycles. The smallest absolute Gasteiger partial charge is 0.394 e. The normalized spacial score (nSPS) is 16.1. The lowest BCUT2D eigenvalue weighted by Gasteiger charge is -2.34. The average molecular weight is 254 g/mol. The van der Waals surface area contributed by atoms with E-state index in [-0.39, 0.29) is 0 Å². The Morgan fingerprint density at radius 1 is 1.12 bits per heavy atom. The number of ether oxygens (including phenoxy) is 1. The van der Waals surface area contributed by atoms with Crippen LogP contribution in [0.2, 0.25) is 0 Å². The fourth-order valence-corrected chi connectivity index (χ4v) is 3.48. The molecule has 0 radical (unpaired) electrons. The van der Waals surface area contributed by atoms with Crippen molar-refractivity contribution in [3.05, 3.63) is 0 Å². The van der Waals surface area contributed by atoms with Gasteiger partial charge in [-0.05, 0) is 6.42 Å². The van der Waals surface area contributed by atoms with E-state index in [4.69, 9.17) is 23.1 Å². The maximum Gasteiger partial charge on any atom is 0.533 e. The van der Waals surface area contributed by atoms with E-state index in [9.17, 15) is 5.11 Å². The van der Waals surface area contributed by atoms with E-state index in [2.05, 4.69) is 0 Å². The molecule has 0 saturated carbocycles. The first kappa shape index (κ1) is 16.0. The zero-order valence-electron chi connectivity index (χ0n) is 10.3. The summed E-state index contributed by atoms with van der Waals surface area (Å²) in [4.78, 5) is 0. The molecule has 7 heteroatoms. The summed E-state index contributed by atoms with van der Waals surface area (Å²) in [5, 5.41) is 18.7. The topological polar surface area (TPSA) is 77.4 Å². The summed E-state index contributed by atoms with van der Waals surface area (Å²) >= 11 is 0. The van der Waals surface area contributed by atoms with Crippen LogP contribution in [-0.2, 0) is 18.0 Å². The molecule has 0 spiro atoms. The molecule has 2 N–H and O–H groups in total. The van der Waals surface area contributed by atoms with Gasteiger partial charge in [0.1, 0.15) is 6.10 Å². The molecule has 0 aliphatic carbocycles. The maximum atomic E-state index is 9.69. The monoisotopic (exact) mass is 254 g/mol. The molecule has 0 aliphatic heterocycles. The van der Waals surface area contributed by atoms with Crippen LogP contribution in [0.1, 0.15) is 13.3 Å². The van der Waals surface area contributed by atoms with Crippen LogP contribution in [-0.4, -0.2) is 65.4 Å². The number of rotatable bonds is 9. The van der Waals surface area contributed by atoms with E-state index in [0.29, 0.717) is 6.61 Å². The second-order valence-electron chi connectivity index (χ2n) is 3.26. The highest BCUT2D eigenvalue weighted by atomic mass is 28.4. The van der Waals surface area contributed by atoms with Crippen LogP contribution in [0, 0.1) is 0 Å². The predicted octanol–water partition coefficient (Wildman–Crippen LogP) is -0.448. The molecule has 0 rings (SSSR count). The van der Waals surface area contributed by atoms with E-state index in [1.807, 2.05) is 6.92 Å². The van der Waals surface area contributed by atoms with E-state index in [1.165, 1.54) is 21.3 Å². The number of aliphatic hydroxyl groups excluding tert-OH is 2. The first-order chi connectivity index (χ1) is 7.61. The fourth-order valence-electron chi connectivity index (χ4n) is 1.39. The summed E-state index contributed by atoms with van der Waals surface area (Å²) in [6.45, 7) is 1.95. The van der Waals surface area contributed by atoms with Gasteiger partial charge in [-0.25, -0.2) is 0 Å². The van der Waals surface area contributed by atoms with E-state index in [1.54, 1.807) is 0 Å². The second kappa shape index (κ2) is 8.12. The van der Waals surface area contributed by atoms with Gasteiger partial charge < -0.3 is 28.2 Å². The highest BCUT2D eigenvalue weighted by molar-refractivity contribution is 6.62. The summed E-state index contributed by atoms with van der Waals surface area (Å²) in [6, 6.07) is 0. The Morgan fingerprint density at radius 2 is 1.62 bits per heavy atom. The zero-order chi connectivity index (χ0) is 12.6. The van der Waals surface area contributed by atoms with Gasteiger partial charge >= 0.3 is 8.80 Å². The standard InChI is InChI=1S/C9H22O6Si/c1-5-6-15-9(8(11)7-10)16(12-2,13-3)14-4/h8-11H,5-7H2,1-4H3. The van der Waals surface area contributed by atoms with Crippen LogP contribution in [0.3, 0.4) is 0 Å². The summed E-state index contributed by atoms with van der Waals surface area (Å²) in [5.74, 6) is 0. The SMILES string of the molecule is CCCOC(C(O)CO)[Si](OC)(OC)OC. The van der Waals surface area contributed by atoms with Crippen molar-refractivity contribution < 1.29 is 28.2 Å². The first-order valence-corrected chi connectivity index (χ1v) is 6.98. The third kappa shape index (κ3) is 3.77. The van der Waals surface area contributed by atoms with Crippen molar-refractivity contribution in [1.82, 2.24) is 0 Å². The van der Waals surface area contributed by atoms with E-state index >= 15 is 0 Å². The molecule has 0 aromatic heterocycles. The lowest BCUT2D eigenvalue weighted by atomic mass is 10.4. The van der Waals surface area contributed by atoms with Crippen molar-refractivity contribution in [2.24, 2.45) is 0 Å². The van der Waals surface area contributed by atoms with Gasteiger partial charge in [0.05, 0.1) is 6.61 Å². The minimum Gasteiger partial charge on any atom is -0.394 e. The Morgan fingerprint density at radius 3 is 1.94 bits per heavy atom. The summed E-state index contributed by atoms with van der Waals surface area (Å²) < 4.78 is 21.1. The minimum atomic E-state index is -3.10. The fraction of sp³-hybridized carbons (Fsp3) is 1.00. The summed E-state index contributed by atoms with van der Waals surface area (Å²) in [5.41, 5.74) is -0.780. The summed E-state index contributed by atoms with van der Waals surface area (Å²) in [6.07, 6.45) is -0.297. The van der Waals surface area contributed by atoms with Crippen molar-refractivity contribution in [3.8, 4) is 0 Å². The van der Waals surface area contributed by atoms with Gasteiger partial charge in [-0.15, -0.1) is 0 Å². The van der Waals surface area contributed by atoms with Crippen LogP contribution >= 0.6 is 0 Å². The van der Waals surface area contributed by atoms with Crippen LogP contribution < -0.4 is 0 Å².